The van der Waals surface area contributed by atoms with Gasteiger partial charge in [0, 0.05) is 11.1 Å². The number of hydrogen-bond donors (Lipinski definition) is 2. The summed E-state index contributed by atoms with van der Waals surface area (Å²) in [7, 11) is 0. The van der Waals surface area contributed by atoms with Gasteiger partial charge in [-0.3, -0.25) is 9.98 Å². The molecule has 0 bridgehead atoms. The highest BCUT2D eigenvalue weighted by molar-refractivity contribution is 6.23. The van der Waals surface area contributed by atoms with Gasteiger partial charge in [0.1, 0.15) is 0 Å². The molecule has 1 aliphatic rings. The molecule has 0 unspecified atom stereocenters. The van der Waals surface area contributed by atoms with Crippen molar-refractivity contribution in [3.8, 4) is 0 Å². The Bertz CT molecular complexity index is 576. The summed E-state index contributed by atoms with van der Waals surface area (Å²) >= 11 is 0. The summed E-state index contributed by atoms with van der Waals surface area (Å²) in [4.78, 5) is 9.92. The van der Waals surface area contributed by atoms with Gasteiger partial charge in [0.15, 0.2) is 0 Å². The van der Waals surface area contributed by atoms with E-state index in [2.05, 4.69) is 106 Å². The van der Waals surface area contributed by atoms with Crippen LogP contribution >= 0.6 is 0 Å². The third kappa shape index (κ3) is 8.68. The van der Waals surface area contributed by atoms with Gasteiger partial charge >= 0.3 is 0 Å². The molecule has 0 spiro atoms. The number of allylic oxidation sites excluding steroid dienone is 2. The fourth-order valence-electron chi connectivity index (χ4n) is 2.49. The lowest BCUT2D eigenvalue weighted by Crippen LogP contribution is -2.43. The number of nitrogens with one attached hydrogen (secondary N) is 2. The minimum absolute atomic E-state index is 0.0554. The standard InChI is InChI=1S/C22H40N4/c1-19(2,3)23-15-13-17(25-21(7,8)9)18(26-22(10,11)12)14-16(15)24-20(4,5)6/h13-14,23,26H,1-12H3. The van der Waals surface area contributed by atoms with Crippen LogP contribution in [-0.4, -0.2) is 33.6 Å². The molecule has 4 nitrogen and oxygen atoms in total. The lowest BCUT2D eigenvalue weighted by molar-refractivity contribution is 0.476. The predicted molar refractivity (Wildman–Crippen MR) is 116 cm³/mol. The van der Waals surface area contributed by atoms with Gasteiger partial charge in [0.2, 0.25) is 0 Å². The van der Waals surface area contributed by atoms with E-state index >= 15 is 0 Å². The number of hydrogen-bond acceptors (Lipinski definition) is 4. The van der Waals surface area contributed by atoms with Gasteiger partial charge in [-0.1, -0.05) is 0 Å². The maximum Gasteiger partial charge on any atom is 0.0834 e. The van der Waals surface area contributed by atoms with Crippen LogP contribution in [0, 0.1) is 0 Å². The number of rotatable bonds is 2. The Kier molecular flexibility index (Phi) is 6.22. The third-order valence-electron chi connectivity index (χ3n) is 3.05. The Morgan fingerprint density at radius 3 is 1.00 bits per heavy atom. The Morgan fingerprint density at radius 1 is 0.538 bits per heavy atom. The van der Waals surface area contributed by atoms with Gasteiger partial charge in [-0.25, -0.2) is 0 Å². The van der Waals surface area contributed by atoms with Crippen LogP contribution in [0.25, 0.3) is 0 Å². The second-order valence-electron chi connectivity index (χ2n) is 11.2. The van der Waals surface area contributed by atoms with Crippen molar-refractivity contribution in [2.45, 2.75) is 105 Å². The molecule has 1 aliphatic carbocycles. The molecule has 0 heterocycles. The molecule has 0 aromatic carbocycles. The van der Waals surface area contributed by atoms with E-state index < -0.39 is 0 Å². The zero-order valence-electron chi connectivity index (χ0n) is 19.0. The first-order chi connectivity index (χ1) is 11.3. The molecular weight excluding hydrogens is 320 g/mol. The molecule has 0 aromatic rings. The summed E-state index contributed by atoms with van der Waals surface area (Å²) in [5.41, 5.74) is 3.55. The number of nitrogens with zero attached hydrogens (tertiary/aromatic N) is 2. The Balaban J connectivity index is 3.55. The molecule has 4 heteroatoms. The van der Waals surface area contributed by atoms with Crippen LogP contribution in [0.4, 0.5) is 0 Å². The second-order valence-corrected chi connectivity index (χ2v) is 11.2. The molecule has 0 aliphatic heterocycles. The predicted octanol–water partition coefficient (Wildman–Crippen LogP) is 5.02. The van der Waals surface area contributed by atoms with Crippen LogP contribution < -0.4 is 10.6 Å². The highest BCUT2D eigenvalue weighted by Crippen LogP contribution is 2.21. The van der Waals surface area contributed by atoms with Crippen molar-refractivity contribution in [2.75, 3.05) is 0 Å². The van der Waals surface area contributed by atoms with E-state index in [1.54, 1.807) is 0 Å². The summed E-state index contributed by atoms with van der Waals surface area (Å²) in [5, 5.41) is 7.21. The van der Waals surface area contributed by atoms with Crippen LogP contribution in [0.1, 0.15) is 83.1 Å². The van der Waals surface area contributed by atoms with Crippen LogP contribution in [0.5, 0.6) is 0 Å². The van der Waals surface area contributed by atoms with E-state index in [9.17, 15) is 0 Å². The SMILES string of the molecule is CC(C)(C)N=C1C=C(NC(C)(C)C)C(=NC(C)(C)C)C=C1NC(C)(C)C. The fraction of sp³-hybridized carbons (Fsp3) is 0.727. The van der Waals surface area contributed by atoms with Gasteiger partial charge in [0.25, 0.3) is 0 Å². The van der Waals surface area contributed by atoms with E-state index in [4.69, 9.17) is 9.98 Å². The molecule has 0 amide bonds. The minimum atomic E-state index is -0.157. The van der Waals surface area contributed by atoms with Crippen molar-refractivity contribution in [3.63, 3.8) is 0 Å². The van der Waals surface area contributed by atoms with Gasteiger partial charge in [-0.05, 0) is 95.2 Å². The molecule has 0 saturated heterocycles. The molecular formula is C22H40N4. The first-order valence-electron chi connectivity index (χ1n) is 9.55. The summed E-state index contributed by atoms with van der Waals surface area (Å²) in [6.07, 6.45) is 4.27. The van der Waals surface area contributed by atoms with E-state index in [0.29, 0.717) is 0 Å². The van der Waals surface area contributed by atoms with E-state index in [1.807, 2.05) is 0 Å². The molecule has 0 saturated carbocycles. The maximum absolute atomic E-state index is 4.96. The second kappa shape index (κ2) is 7.21. The van der Waals surface area contributed by atoms with Crippen molar-refractivity contribution in [1.82, 2.24) is 10.6 Å². The van der Waals surface area contributed by atoms with Crippen LogP contribution in [0.3, 0.4) is 0 Å². The largest absolute Gasteiger partial charge is 0.379 e. The molecule has 0 atom stereocenters. The van der Waals surface area contributed by atoms with Gasteiger partial charge in [-0.15, -0.1) is 0 Å². The molecule has 26 heavy (non-hydrogen) atoms. The van der Waals surface area contributed by atoms with E-state index in [-0.39, 0.29) is 22.2 Å². The quantitative estimate of drug-likeness (QED) is 0.679. The first-order valence-corrected chi connectivity index (χ1v) is 9.55. The highest BCUT2D eigenvalue weighted by atomic mass is 15.0. The van der Waals surface area contributed by atoms with Crippen LogP contribution in [-0.2, 0) is 0 Å². The smallest absolute Gasteiger partial charge is 0.0834 e. The van der Waals surface area contributed by atoms with E-state index in [1.165, 1.54) is 0 Å². The summed E-state index contributed by atoms with van der Waals surface area (Å²) in [6, 6.07) is 0. The normalized spacial score (nSPS) is 20.2. The minimum Gasteiger partial charge on any atom is -0.379 e. The molecule has 0 aromatic heterocycles. The van der Waals surface area contributed by atoms with Crippen LogP contribution in [0.2, 0.25) is 0 Å². The summed E-state index contributed by atoms with van der Waals surface area (Å²) in [6.45, 7) is 25.7. The monoisotopic (exact) mass is 360 g/mol. The Morgan fingerprint density at radius 2 is 0.808 bits per heavy atom. The van der Waals surface area contributed by atoms with Crippen LogP contribution in [0.15, 0.2) is 33.5 Å². The lowest BCUT2D eigenvalue weighted by Gasteiger charge is -2.32. The maximum atomic E-state index is 4.96. The van der Waals surface area contributed by atoms with Crippen molar-refractivity contribution in [3.05, 3.63) is 23.5 Å². The van der Waals surface area contributed by atoms with Gasteiger partial charge in [-0.2, -0.15) is 0 Å². The molecule has 1 rings (SSSR count). The third-order valence-corrected chi connectivity index (χ3v) is 3.05. The van der Waals surface area contributed by atoms with Crippen molar-refractivity contribution in [1.29, 1.82) is 0 Å². The van der Waals surface area contributed by atoms with Crippen molar-refractivity contribution < 1.29 is 0 Å². The summed E-state index contributed by atoms with van der Waals surface area (Å²) < 4.78 is 0. The first kappa shape index (κ1) is 22.5. The average Bonchev–Trinajstić information content (AvgIpc) is 2.26. The van der Waals surface area contributed by atoms with Crippen molar-refractivity contribution in [2.24, 2.45) is 9.98 Å². The topological polar surface area (TPSA) is 48.8 Å². The Hall–Kier alpha value is -1.58. The average molecular weight is 361 g/mol. The molecule has 2 N–H and O–H groups in total. The zero-order valence-corrected chi connectivity index (χ0v) is 19.0. The highest BCUT2D eigenvalue weighted by Gasteiger charge is 2.26. The molecule has 148 valence electrons. The van der Waals surface area contributed by atoms with Gasteiger partial charge in [0.05, 0.1) is 33.9 Å². The van der Waals surface area contributed by atoms with Gasteiger partial charge < -0.3 is 10.6 Å². The van der Waals surface area contributed by atoms with E-state index in [0.717, 1.165) is 22.8 Å². The fourth-order valence-corrected chi connectivity index (χ4v) is 2.49. The Labute approximate surface area is 161 Å². The molecule has 0 fully saturated rings. The summed E-state index contributed by atoms with van der Waals surface area (Å²) in [5.74, 6) is 0. The lowest BCUT2D eigenvalue weighted by atomic mass is 9.97. The number of aliphatic imine (C=N–C) groups is 2. The van der Waals surface area contributed by atoms with Crippen molar-refractivity contribution >= 4 is 11.4 Å². The molecule has 0 radical (unpaired) electrons. The zero-order chi connectivity index (χ0) is 20.6.